The lowest BCUT2D eigenvalue weighted by atomic mass is 9.74. The molecule has 0 fully saturated rings. The summed E-state index contributed by atoms with van der Waals surface area (Å²) in [7, 11) is 0. The average Bonchev–Trinajstić information content (AvgIpc) is 2.53. The maximum atomic E-state index is 9.37. The van der Waals surface area contributed by atoms with Gasteiger partial charge in [0, 0.05) is 11.3 Å². The molecule has 1 atom stereocenters. The topological polar surface area (TPSA) is 20.2 Å². The van der Waals surface area contributed by atoms with E-state index in [0.717, 1.165) is 32.1 Å². The van der Waals surface area contributed by atoms with Crippen molar-refractivity contribution in [1.29, 1.82) is 0 Å². The molecule has 1 aromatic rings. The van der Waals surface area contributed by atoms with E-state index in [1.54, 1.807) is 0 Å². The summed E-state index contributed by atoms with van der Waals surface area (Å²) in [6.07, 6.45) is 16.5. The monoisotopic (exact) mass is 296 g/mol. The van der Waals surface area contributed by atoms with Crippen molar-refractivity contribution in [3.05, 3.63) is 72.9 Å². The van der Waals surface area contributed by atoms with Gasteiger partial charge in [0.1, 0.15) is 0 Å². The van der Waals surface area contributed by atoms with Crippen molar-refractivity contribution < 1.29 is 5.11 Å². The summed E-state index contributed by atoms with van der Waals surface area (Å²) in [5, 5.41) is 9.37. The van der Waals surface area contributed by atoms with Gasteiger partial charge in [-0.05, 0) is 31.7 Å². The predicted molar refractivity (Wildman–Crippen MR) is 94.9 cm³/mol. The molecule has 1 aromatic carbocycles. The van der Waals surface area contributed by atoms with Crippen molar-refractivity contribution in [2.45, 2.75) is 51.0 Å². The zero-order chi connectivity index (χ0) is 15.8. The van der Waals surface area contributed by atoms with Gasteiger partial charge in [0.05, 0.1) is 6.10 Å². The minimum atomic E-state index is -0.185. The highest BCUT2D eigenvalue weighted by atomic mass is 16.3. The van der Waals surface area contributed by atoms with Gasteiger partial charge in [0.25, 0.3) is 0 Å². The molecule has 1 nitrogen and oxygen atoms in total. The van der Waals surface area contributed by atoms with E-state index in [2.05, 4.69) is 61.2 Å². The fourth-order valence-electron chi connectivity index (χ4n) is 3.18. The van der Waals surface area contributed by atoms with Crippen molar-refractivity contribution in [1.82, 2.24) is 0 Å². The SMILES string of the molecule is C=CCC1(CCCCC(C)O)C=CC(c2ccccc2)C=C1. The van der Waals surface area contributed by atoms with Crippen molar-refractivity contribution in [2.75, 3.05) is 0 Å². The second-order valence-corrected chi connectivity index (χ2v) is 6.48. The largest absolute Gasteiger partial charge is 0.393 e. The molecule has 0 aliphatic heterocycles. The van der Waals surface area contributed by atoms with Gasteiger partial charge in [-0.3, -0.25) is 0 Å². The predicted octanol–water partition coefficient (Wildman–Crippen LogP) is 5.40. The van der Waals surface area contributed by atoms with Crippen LogP contribution in [0.1, 0.15) is 50.5 Å². The van der Waals surface area contributed by atoms with Crippen LogP contribution >= 0.6 is 0 Å². The summed E-state index contributed by atoms with van der Waals surface area (Å²) in [5.74, 6) is 0.386. The molecule has 1 heteroatoms. The highest BCUT2D eigenvalue weighted by Crippen LogP contribution is 2.39. The molecule has 0 bridgehead atoms. The van der Waals surface area contributed by atoms with Crippen LogP contribution in [0.3, 0.4) is 0 Å². The minimum absolute atomic E-state index is 0.117. The summed E-state index contributed by atoms with van der Waals surface area (Å²) >= 11 is 0. The first kappa shape index (κ1) is 16.8. The molecule has 0 aromatic heterocycles. The molecule has 2 rings (SSSR count). The summed E-state index contributed by atoms with van der Waals surface area (Å²) in [6.45, 7) is 5.79. The van der Waals surface area contributed by atoms with E-state index >= 15 is 0 Å². The van der Waals surface area contributed by atoms with Gasteiger partial charge in [-0.25, -0.2) is 0 Å². The van der Waals surface area contributed by atoms with Gasteiger partial charge < -0.3 is 5.11 Å². The number of hydrogen-bond acceptors (Lipinski definition) is 1. The summed E-state index contributed by atoms with van der Waals surface area (Å²) < 4.78 is 0. The Hall–Kier alpha value is -1.60. The molecule has 1 N–H and O–H groups in total. The molecule has 1 unspecified atom stereocenters. The van der Waals surface area contributed by atoms with Gasteiger partial charge in [-0.15, -0.1) is 6.58 Å². The Morgan fingerprint density at radius 1 is 1.18 bits per heavy atom. The maximum absolute atomic E-state index is 9.37. The normalized spacial score (nSPS) is 25.1. The number of aliphatic hydroxyl groups is 1. The summed E-state index contributed by atoms with van der Waals surface area (Å²) in [5.41, 5.74) is 1.46. The van der Waals surface area contributed by atoms with E-state index in [1.807, 2.05) is 13.0 Å². The molecule has 0 radical (unpaired) electrons. The first-order valence-electron chi connectivity index (χ1n) is 8.38. The highest BCUT2D eigenvalue weighted by molar-refractivity contribution is 5.34. The molecule has 0 spiro atoms. The molecule has 1 aliphatic rings. The lowest BCUT2D eigenvalue weighted by Crippen LogP contribution is -2.17. The Kier molecular flexibility index (Phi) is 6.21. The molecule has 22 heavy (non-hydrogen) atoms. The molecular formula is C21H28O. The van der Waals surface area contributed by atoms with Crippen molar-refractivity contribution >= 4 is 0 Å². The zero-order valence-corrected chi connectivity index (χ0v) is 13.6. The van der Waals surface area contributed by atoms with Crippen LogP contribution < -0.4 is 0 Å². The number of rotatable bonds is 8. The van der Waals surface area contributed by atoms with E-state index in [9.17, 15) is 5.11 Å². The zero-order valence-electron chi connectivity index (χ0n) is 13.6. The molecule has 0 saturated heterocycles. The van der Waals surface area contributed by atoms with Crippen LogP contribution in [-0.2, 0) is 0 Å². The van der Waals surface area contributed by atoms with Crippen LogP contribution in [-0.4, -0.2) is 11.2 Å². The number of hydrogen-bond donors (Lipinski definition) is 1. The van der Waals surface area contributed by atoms with Gasteiger partial charge in [0.2, 0.25) is 0 Å². The smallest absolute Gasteiger partial charge is 0.0512 e. The van der Waals surface area contributed by atoms with Crippen molar-refractivity contribution in [3.63, 3.8) is 0 Å². The lowest BCUT2D eigenvalue weighted by molar-refractivity contribution is 0.179. The van der Waals surface area contributed by atoms with E-state index in [1.165, 1.54) is 5.56 Å². The van der Waals surface area contributed by atoms with Crippen molar-refractivity contribution in [3.8, 4) is 0 Å². The molecular weight excluding hydrogens is 268 g/mol. The Morgan fingerprint density at radius 3 is 2.45 bits per heavy atom. The summed E-state index contributed by atoms with van der Waals surface area (Å²) in [4.78, 5) is 0. The van der Waals surface area contributed by atoms with Crippen LogP contribution in [0.15, 0.2) is 67.3 Å². The molecule has 118 valence electrons. The Labute approximate surface area is 135 Å². The average molecular weight is 296 g/mol. The third-order valence-electron chi connectivity index (χ3n) is 4.49. The minimum Gasteiger partial charge on any atom is -0.393 e. The van der Waals surface area contributed by atoms with E-state index in [0.29, 0.717) is 5.92 Å². The molecule has 0 saturated carbocycles. The maximum Gasteiger partial charge on any atom is 0.0512 e. The fraction of sp³-hybridized carbons (Fsp3) is 0.429. The van der Waals surface area contributed by atoms with Gasteiger partial charge >= 0.3 is 0 Å². The third kappa shape index (κ3) is 4.71. The van der Waals surface area contributed by atoms with Crippen LogP contribution in [0.5, 0.6) is 0 Å². The van der Waals surface area contributed by atoms with Gasteiger partial charge in [0.15, 0.2) is 0 Å². The number of aliphatic hydroxyl groups excluding tert-OH is 1. The molecule has 0 heterocycles. The van der Waals surface area contributed by atoms with Crippen LogP contribution in [0.2, 0.25) is 0 Å². The standard InChI is InChI=1S/C21H28O/c1-3-14-21(15-8-7-9-18(2)22)16-12-20(13-17-21)19-10-5-4-6-11-19/h3-6,10-13,16-18,20,22H,1,7-9,14-15H2,2H3. The Bertz CT molecular complexity index is 496. The Morgan fingerprint density at radius 2 is 1.86 bits per heavy atom. The highest BCUT2D eigenvalue weighted by Gasteiger charge is 2.25. The van der Waals surface area contributed by atoms with Gasteiger partial charge in [-0.1, -0.05) is 73.6 Å². The Balaban J connectivity index is 1.98. The quantitative estimate of drug-likeness (QED) is 0.503. The van der Waals surface area contributed by atoms with E-state index in [-0.39, 0.29) is 11.5 Å². The van der Waals surface area contributed by atoms with Gasteiger partial charge in [-0.2, -0.15) is 0 Å². The fourth-order valence-corrected chi connectivity index (χ4v) is 3.18. The lowest BCUT2D eigenvalue weighted by Gasteiger charge is -2.30. The van der Waals surface area contributed by atoms with Crippen LogP contribution in [0.25, 0.3) is 0 Å². The van der Waals surface area contributed by atoms with Crippen LogP contribution in [0.4, 0.5) is 0 Å². The number of unbranched alkanes of at least 4 members (excludes halogenated alkanes) is 1. The third-order valence-corrected chi connectivity index (χ3v) is 4.49. The number of benzene rings is 1. The molecule has 0 amide bonds. The van der Waals surface area contributed by atoms with Crippen LogP contribution in [0, 0.1) is 5.41 Å². The molecule has 1 aliphatic carbocycles. The van der Waals surface area contributed by atoms with E-state index < -0.39 is 0 Å². The van der Waals surface area contributed by atoms with E-state index in [4.69, 9.17) is 0 Å². The second-order valence-electron chi connectivity index (χ2n) is 6.48. The summed E-state index contributed by atoms with van der Waals surface area (Å²) in [6, 6.07) is 10.6. The number of allylic oxidation sites excluding steroid dienone is 5. The second kappa shape index (κ2) is 8.14. The first-order valence-corrected chi connectivity index (χ1v) is 8.38. The first-order chi connectivity index (χ1) is 10.7. The van der Waals surface area contributed by atoms with Crippen molar-refractivity contribution in [2.24, 2.45) is 5.41 Å².